The molecule has 2 heterocycles. The lowest BCUT2D eigenvalue weighted by Gasteiger charge is -2.16. The van der Waals surface area contributed by atoms with Crippen molar-refractivity contribution in [3.63, 3.8) is 0 Å². The molecule has 1 unspecified atom stereocenters. The summed E-state index contributed by atoms with van der Waals surface area (Å²) < 4.78 is 16.9. The molecule has 1 N–H and O–H groups in total. The predicted molar refractivity (Wildman–Crippen MR) is 110 cm³/mol. The lowest BCUT2D eigenvalue weighted by atomic mass is 10.1. The van der Waals surface area contributed by atoms with E-state index in [4.69, 9.17) is 13.9 Å². The molecule has 0 spiro atoms. The number of hydrogen-bond acceptors (Lipinski definition) is 5. The van der Waals surface area contributed by atoms with Gasteiger partial charge in [-0.25, -0.2) is 0 Å². The minimum Gasteiger partial charge on any atom is -0.490 e. The lowest BCUT2D eigenvalue weighted by molar-refractivity contribution is 0.0937. The van der Waals surface area contributed by atoms with Crippen LogP contribution >= 0.6 is 0 Å². The molecule has 0 radical (unpaired) electrons. The summed E-state index contributed by atoms with van der Waals surface area (Å²) in [4.78, 5) is 16.6. The van der Waals surface area contributed by atoms with Crippen molar-refractivity contribution in [2.45, 2.75) is 39.3 Å². The average molecular weight is 394 g/mol. The van der Waals surface area contributed by atoms with Gasteiger partial charge in [0.25, 0.3) is 5.91 Å². The van der Waals surface area contributed by atoms with E-state index in [1.54, 1.807) is 36.9 Å². The Hall–Kier alpha value is -3.28. The van der Waals surface area contributed by atoms with Crippen LogP contribution in [0.3, 0.4) is 0 Å². The average Bonchev–Trinajstić information content (AvgIpc) is 3.26. The van der Waals surface area contributed by atoms with E-state index in [1.807, 2.05) is 38.1 Å². The summed E-state index contributed by atoms with van der Waals surface area (Å²) in [6.45, 7) is 4.76. The Balaban J connectivity index is 1.60. The summed E-state index contributed by atoms with van der Waals surface area (Å²) in [5, 5.41) is 3.02. The van der Waals surface area contributed by atoms with E-state index in [2.05, 4.69) is 10.3 Å². The number of carbonyl (C=O) groups is 1. The summed E-state index contributed by atoms with van der Waals surface area (Å²) in [7, 11) is 0. The molecule has 6 nitrogen and oxygen atoms in total. The first-order chi connectivity index (χ1) is 14.2. The molecule has 0 fully saturated rings. The highest BCUT2D eigenvalue weighted by atomic mass is 16.5. The Morgan fingerprint density at radius 2 is 1.97 bits per heavy atom. The van der Waals surface area contributed by atoms with Crippen molar-refractivity contribution in [2.75, 3.05) is 6.61 Å². The van der Waals surface area contributed by atoms with Gasteiger partial charge < -0.3 is 19.2 Å². The molecule has 2 aromatic heterocycles. The molecule has 0 saturated carbocycles. The number of hydrogen-bond donors (Lipinski definition) is 1. The van der Waals surface area contributed by atoms with Crippen molar-refractivity contribution < 1.29 is 18.7 Å². The van der Waals surface area contributed by atoms with Gasteiger partial charge in [-0.1, -0.05) is 0 Å². The molecule has 0 bridgehead atoms. The fourth-order valence-electron chi connectivity index (χ4n) is 2.87. The summed E-state index contributed by atoms with van der Waals surface area (Å²) >= 11 is 0. The van der Waals surface area contributed by atoms with Gasteiger partial charge in [0, 0.05) is 30.4 Å². The van der Waals surface area contributed by atoms with Crippen molar-refractivity contribution in [3.8, 4) is 11.5 Å². The van der Waals surface area contributed by atoms with E-state index < -0.39 is 0 Å². The first-order valence-electron chi connectivity index (χ1n) is 9.77. The van der Waals surface area contributed by atoms with E-state index in [9.17, 15) is 4.79 Å². The van der Waals surface area contributed by atoms with Crippen molar-refractivity contribution in [2.24, 2.45) is 0 Å². The highest BCUT2D eigenvalue weighted by Gasteiger charge is 2.14. The van der Waals surface area contributed by atoms with Crippen LogP contribution in [0.15, 0.2) is 65.5 Å². The summed E-state index contributed by atoms with van der Waals surface area (Å²) in [5.41, 5.74) is 1.55. The van der Waals surface area contributed by atoms with Gasteiger partial charge in [0.2, 0.25) is 0 Å². The molecule has 29 heavy (non-hydrogen) atoms. The number of furan rings is 1. The second-order valence-electron chi connectivity index (χ2n) is 6.73. The van der Waals surface area contributed by atoms with Crippen molar-refractivity contribution in [1.29, 1.82) is 0 Å². The zero-order chi connectivity index (χ0) is 20.5. The van der Waals surface area contributed by atoms with Crippen LogP contribution in [-0.4, -0.2) is 23.5 Å². The Kier molecular flexibility index (Phi) is 7.28. The zero-order valence-corrected chi connectivity index (χ0v) is 16.8. The van der Waals surface area contributed by atoms with E-state index >= 15 is 0 Å². The molecule has 1 atom stereocenters. The number of benzene rings is 1. The molecule has 1 amide bonds. The van der Waals surface area contributed by atoms with Crippen molar-refractivity contribution >= 4 is 5.91 Å². The Morgan fingerprint density at radius 1 is 1.14 bits per heavy atom. The smallest absolute Gasteiger partial charge is 0.251 e. The number of rotatable bonds is 10. The number of nitrogens with one attached hydrogen (secondary N) is 1. The van der Waals surface area contributed by atoms with Crippen molar-refractivity contribution in [1.82, 2.24) is 10.3 Å². The minimum absolute atomic E-state index is 0.0192. The Bertz CT molecular complexity index is 895. The SMILES string of the molecule is CCOc1cc(C(=O)NC(C)CCc2ccco2)ccc1OCc1ccncc1. The van der Waals surface area contributed by atoms with Gasteiger partial charge in [-0.15, -0.1) is 0 Å². The molecule has 0 aliphatic carbocycles. The van der Waals surface area contributed by atoms with Crippen LogP contribution in [0, 0.1) is 0 Å². The number of aromatic nitrogens is 1. The molecule has 152 valence electrons. The number of amides is 1. The third-order valence-electron chi connectivity index (χ3n) is 4.43. The quantitative estimate of drug-likeness (QED) is 0.552. The van der Waals surface area contributed by atoms with Crippen LogP contribution in [-0.2, 0) is 13.0 Å². The highest BCUT2D eigenvalue weighted by Crippen LogP contribution is 2.29. The summed E-state index contributed by atoms with van der Waals surface area (Å²) in [6.07, 6.45) is 6.68. The molecule has 3 aromatic rings. The third kappa shape index (κ3) is 6.10. The zero-order valence-electron chi connectivity index (χ0n) is 16.8. The lowest BCUT2D eigenvalue weighted by Crippen LogP contribution is -2.32. The van der Waals surface area contributed by atoms with Crippen LogP contribution in [0.2, 0.25) is 0 Å². The molecule has 3 rings (SSSR count). The van der Waals surface area contributed by atoms with Gasteiger partial charge in [-0.3, -0.25) is 9.78 Å². The molecule has 0 aliphatic heterocycles. The first kappa shape index (κ1) is 20.5. The van der Waals surface area contributed by atoms with Gasteiger partial charge in [-0.2, -0.15) is 0 Å². The largest absolute Gasteiger partial charge is 0.490 e. The van der Waals surface area contributed by atoms with E-state index in [1.165, 1.54) is 0 Å². The van der Waals surface area contributed by atoms with Crippen LogP contribution in [0.4, 0.5) is 0 Å². The van der Waals surface area contributed by atoms with Gasteiger partial charge in [0.15, 0.2) is 11.5 Å². The highest BCUT2D eigenvalue weighted by molar-refractivity contribution is 5.95. The standard InChI is InChI=1S/C23H26N2O4/c1-3-27-22-15-19(7-9-21(22)29-16-18-10-12-24-13-11-18)23(26)25-17(2)6-8-20-5-4-14-28-20/h4-5,7,9-15,17H,3,6,8,16H2,1-2H3,(H,25,26). The van der Waals surface area contributed by atoms with Crippen molar-refractivity contribution in [3.05, 3.63) is 78.0 Å². The van der Waals surface area contributed by atoms with Gasteiger partial charge >= 0.3 is 0 Å². The van der Waals surface area contributed by atoms with E-state index in [-0.39, 0.29) is 11.9 Å². The molecule has 0 aliphatic rings. The first-order valence-corrected chi connectivity index (χ1v) is 9.77. The molecular weight excluding hydrogens is 368 g/mol. The molecular formula is C23H26N2O4. The van der Waals surface area contributed by atoms with Crippen LogP contribution < -0.4 is 14.8 Å². The second kappa shape index (κ2) is 10.3. The minimum atomic E-state index is -0.140. The third-order valence-corrected chi connectivity index (χ3v) is 4.43. The fourth-order valence-corrected chi connectivity index (χ4v) is 2.87. The maximum atomic E-state index is 12.6. The number of nitrogens with zero attached hydrogens (tertiary/aromatic N) is 1. The van der Waals surface area contributed by atoms with Crippen LogP contribution in [0.25, 0.3) is 0 Å². The van der Waals surface area contributed by atoms with Gasteiger partial charge in [0.1, 0.15) is 12.4 Å². The van der Waals surface area contributed by atoms with Gasteiger partial charge in [0.05, 0.1) is 12.9 Å². The summed E-state index contributed by atoms with van der Waals surface area (Å²) in [5.74, 6) is 1.93. The van der Waals surface area contributed by atoms with E-state index in [0.29, 0.717) is 30.3 Å². The second-order valence-corrected chi connectivity index (χ2v) is 6.73. The maximum Gasteiger partial charge on any atom is 0.251 e. The van der Waals surface area contributed by atoms with Crippen LogP contribution in [0.1, 0.15) is 41.9 Å². The predicted octanol–water partition coefficient (Wildman–Crippen LogP) is 4.40. The monoisotopic (exact) mass is 394 g/mol. The Labute approximate surface area is 170 Å². The fraction of sp³-hybridized carbons (Fsp3) is 0.304. The number of ether oxygens (including phenoxy) is 2. The van der Waals surface area contributed by atoms with Crippen LogP contribution in [0.5, 0.6) is 11.5 Å². The maximum absolute atomic E-state index is 12.6. The number of pyridine rings is 1. The molecule has 0 saturated heterocycles. The number of aryl methyl sites for hydroxylation is 1. The Morgan fingerprint density at radius 3 is 2.69 bits per heavy atom. The summed E-state index contributed by atoms with van der Waals surface area (Å²) in [6, 6.07) is 12.9. The molecule has 6 heteroatoms. The molecule has 1 aromatic carbocycles. The van der Waals surface area contributed by atoms with Gasteiger partial charge in [-0.05, 0) is 68.3 Å². The normalized spacial score (nSPS) is 11.7. The topological polar surface area (TPSA) is 73.6 Å². The van der Waals surface area contributed by atoms with E-state index in [0.717, 1.165) is 24.2 Å². The number of carbonyl (C=O) groups excluding carboxylic acids is 1.